The molecule has 1 rings (SSSR count). The van der Waals surface area contributed by atoms with E-state index in [1.165, 1.54) is 0 Å². The van der Waals surface area contributed by atoms with Crippen LogP contribution < -0.4 is 9.47 Å². The first-order valence-electron chi connectivity index (χ1n) is 5.10. The zero-order valence-corrected chi connectivity index (χ0v) is 11.5. The predicted octanol–water partition coefficient (Wildman–Crippen LogP) is 2.18. The van der Waals surface area contributed by atoms with E-state index in [0.717, 1.165) is 17.4 Å². The Labute approximate surface area is 105 Å². The van der Waals surface area contributed by atoms with E-state index in [4.69, 9.17) is 9.47 Å². The van der Waals surface area contributed by atoms with Crippen LogP contribution in [0.4, 0.5) is 0 Å². The zero-order valence-electron chi connectivity index (χ0n) is 9.86. The number of methoxy groups -OCH3 is 1. The first-order valence-corrected chi connectivity index (χ1v) is 5.90. The van der Waals surface area contributed by atoms with Crippen LogP contribution in [-0.2, 0) is 0 Å². The van der Waals surface area contributed by atoms with E-state index >= 15 is 0 Å². The third-order valence-corrected chi connectivity index (χ3v) is 2.43. The summed E-state index contributed by atoms with van der Waals surface area (Å²) in [5.41, 5.74) is 0. The maximum Gasteiger partial charge on any atom is 0.257 e. The number of ether oxygens (including phenoxy) is 2. The van der Waals surface area contributed by atoms with E-state index in [9.17, 15) is 0 Å². The van der Waals surface area contributed by atoms with Crippen LogP contribution in [0.5, 0.6) is 11.6 Å². The molecule has 0 aliphatic carbocycles. The summed E-state index contributed by atoms with van der Waals surface area (Å²) in [5.74, 6) is 1.20. The summed E-state index contributed by atoms with van der Waals surface area (Å²) >= 11 is 3.33. The molecule has 0 unspecified atom stereocenters. The van der Waals surface area contributed by atoms with Gasteiger partial charge in [-0.25, -0.2) is 4.98 Å². The van der Waals surface area contributed by atoms with Crippen LogP contribution in [0.2, 0.25) is 0 Å². The fourth-order valence-electron chi connectivity index (χ4n) is 1.21. The lowest BCUT2D eigenvalue weighted by Gasteiger charge is -2.11. The van der Waals surface area contributed by atoms with Gasteiger partial charge in [-0.15, -0.1) is 0 Å². The SMILES string of the molecule is COc1cc(Br)cnc1OCCCN(C)C. The topological polar surface area (TPSA) is 34.6 Å². The Hall–Kier alpha value is -0.810. The molecule has 0 radical (unpaired) electrons. The molecule has 4 nitrogen and oxygen atoms in total. The Morgan fingerprint density at radius 1 is 1.44 bits per heavy atom. The van der Waals surface area contributed by atoms with E-state index in [1.54, 1.807) is 13.3 Å². The smallest absolute Gasteiger partial charge is 0.257 e. The van der Waals surface area contributed by atoms with E-state index in [-0.39, 0.29) is 0 Å². The van der Waals surface area contributed by atoms with Gasteiger partial charge < -0.3 is 14.4 Å². The number of pyridine rings is 1. The number of rotatable bonds is 6. The van der Waals surface area contributed by atoms with Crippen molar-refractivity contribution in [2.75, 3.05) is 34.4 Å². The average Bonchev–Trinajstić information content (AvgIpc) is 2.25. The first kappa shape index (κ1) is 13.3. The van der Waals surface area contributed by atoms with Gasteiger partial charge in [0, 0.05) is 23.3 Å². The van der Waals surface area contributed by atoms with Gasteiger partial charge in [-0.1, -0.05) is 0 Å². The second-order valence-corrected chi connectivity index (χ2v) is 4.58. The summed E-state index contributed by atoms with van der Waals surface area (Å²) in [6, 6.07) is 1.84. The van der Waals surface area contributed by atoms with Crippen molar-refractivity contribution in [3.8, 4) is 11.6 Å². The summed E-state index contributed by atoms with van der Waals surface area (Å²) in [6.45, 7) is 1.64. The lowest BCUT2D eigenvalue weighted by atomic mass is 10.4. The van der Waals surface area contributed by atoms with Gasteiger partial charge in [0.1, 0.15) is 0 Å². The van der Waals surface area contributed by atoms with Crippen molar-refractivity contribution in [3.63, 3.8) is 0 Å². The second-order valence-electron chi connectivity index (χ2n) is 3.67. The molecule has 0 N–H and O–H groups in total. The van der Waals surface area contributed by atoms with E-state index < -0.39 is 0 Å². The summed E-state index contributed by atoms with van der Waals surface area (Å²) in [5, 5.41) is 0. The fraction of sp³-hybridized carbons (Fsp3) is 0.545. The van der Waals surface area contributed by atoms with Crippen molar-refractivity contribution in [1.82, 2.24) is 9.88 Å². The van der Waals surface area contributed by atoms with Crippen LogP contribution in [0.1, 0.15) is 6.42 Å². The van der Waals surface area contributed by atoms with Crippen LogP contribution in [-0.4, -0.2) is 44.2 Å². The lowest BCUT2D eigenvalue weighted by molar-refractivity contribution is 0.259. The van der Waals surface area contributed by atoms with Crippen molar-refractivity contribution in [2.24, 2.45) is 0 Å². The van der Waals surface area contributed by atoms with Crippen LogP contribution >= 0.6 is 15.9 Å². The van der Waals surface area contributed by atoms with Crippen molar-refractivity contribution < 1.29 is 9.47 Å². The Kier molecular flexibility index (Phi) is 5.55. The van der Waals surface area contributed by atoms with Gasteiger partial charge in [0.25, 0.3) is 5.88 Å². The highest BCUT2D eigenvalue weighted by molar-refractivity contribution is 9.10. The quantitative estimate of drug-likeness (QED) is 0.752. The minimum Gasteiger partial charge on any atom is -0.491 e. The van der Waals surface area contributed by atoms with Gasteiger partial charge in [-0.05, 0) is 36.4 Å². The Bertz CT molecular complexity index is 332. The molecule has 0 atom stereocenters. The van der Waals surface area contributed by atoms with E-state index in [2.05, 4.69) is 25.8 Å². The Morgan fingerprint density at radius 2 is 2.19 bits per heavy atom. The third-order valence-electron chi connectivity index (χ3n) is 1.99. The number of hydrogen-bond acceptors (Lipinski definition) is 4. The molecule has 0 aliphatic heterocycles. The standard InChI is InChI=1S/C11H17BrN2O2/c1-14(2)5-4-6-16-11-10(15-3)7-9(12)8-13-11/h7-8H,4-6H2,1-3H3. The highest BCUT2D eigenvalue weighted by Gasteiger charge is 2.06. The van der Waals surface area contributed by atoms with Gasteiger partial charge in [-0.3, -0.25) is 0 Å². The molecular formula is C11H17BrN2O2. The highest BCUT2D eigenvalue weighted by Crippen LogP contribution is 2.27. The fourth-order valence-corrected chi connectivity index (χ4v) is 1.52. The van der Waals surface area contributed by atoms with Gasteiger partial charge in [0.05, 0.1) is 13.7 Å². The van der Waals surface area contributed by atoms with Crippen molar-refractivity contribution in [2.45, 2.75) is 6.42 Å². The van der Waals surface area contributed by atoms with Gasteiger partial charge in [0.15, 0.2) is 5.75 Å². The molecule has 0 bridgehead atoms. The monoisotopic (exact) mass is 288 g/mol. The molecule has 0 aromatic carbocycles. The molecule has 16 heavy (non-hydrogen) atoms. The van der Waals surface area contributed by atoms with Crippen LogP contribution in [0.3, 0.4) is 0 Å². The number of aromatic nitrogens is 1. The molecule has 1 aromatic rings. The Morgan fingerprint density at radius 3 is 2.81 bits per heavy atom. The summed E-state index contributed by atoms with van der Waals surface area (Å²) in [4.78, 5) is 6.28. The molecule has 0 saturated carbocycles. The maximum atomic E-state index is 5.55. The van der Waals surface area contributed by atoms with Crippen molar-refractivity contribution in [1.29, 1.82) is 0 Å². The molecular weight excluding hydrogens is 272 g/mol. The summed E-state index contributed by atoms with van der Waals surface area (Å²) in [6.07, 6.45) is 2.66. The molecule has 0 aliphatic rings. The number of nitrogens with zero attached hydrogens (tertiary/aromatic N) is 2. The minimum atomic E-state index is 0.546. The molecule has 0 saturated heterocycles. The predicted molar refractivity (Wildman–Crippen MR) is 67.2 cm³/mol. The van der Waals surface area contributed by atoms with Crippen LogP contribution in [0.25, 0.3) is 0 Å². The molecule has 5 heteroatoms. The molecule has 90 valence electrons. The van der Waals surface area contributed by atoms with Crippen molar-refractivity contribution >= 4 is 15.9 Å². The summed E-state index contributed by atoms with van der Waals surface area (Å²) in [7, 11) is 5.69. The lowest BCUT2D eigenvalue weighted by Crippen LogP contribution is -2.15. The second kappa shape index (κ2) is 6.70. The molecule has 1 aromatic heterocycles. The zero-order chi connectivity index (χ0) is 12.0. The number of hydrogen-bond donors (Lipinski definition) is 0. The highest BCUT2D eigenvalue weighted by atomic mass is 79.9. The number of halogens is 1. The molecule has 0 spiro atoms. The van der Waals surface area contributed by atoms with E-state index in [1.807, 2.05) is 20.2 Å². The van der Waals surface area contributed by atoms with Gasteiger partial charge in [-0.2, -0.15) is 0 Å². The minimum absolute atomic E-state index is 0.546. The molecule has 0 fully saturated rings. The summed E-state index contributed by atoms with van der Waals surface area (Å²) < 4.78 is 11.6. The maximum absolute atomic E-state index is 5.55. The first-order chi connectivity index (χ1) is 7.63. The largest absolute Gasteiger partial charge is 0.491 e. The van der Waals surface area contributed by atoms with Crippen molar-refractivity contribution in [3.05, 3.63) is 16.7 Å². The normalized spacial score (nSPS) is 10.6. The van der Waals surface area contributed by atoms with E-state index in [0.29, 0.717) is 18.2 Å². The Balaban J connectivity index is 2.47. The van der Waals surface area contributed by atoms with Crippen LogP contribution in [0, 0.1) is 0 Å². The molecule has 1 heterocycles. The van der Waals surface area contributed by atoms with Crippen LogP contribution in [0.15, 0.2) is 16.7 Å². The third kappa shape index (κ3) is 4.37. The van der Waals surface area contributed by atoms with Gasteiger partial charge >= 0.3 is 0 Å². The molecule has 0 amide bonds. The average molecular weight is 289 g/mol. The van der Waals surface area contributed by atoms with Gasteiger partial charge in [0.2, 0.25) is 0 Å².